The van der Waals surface area contributed by atoms with E-state index in [4.69, 9.17) is 21.1 Å². The molecule has 0 aliphatic heterocycles. The number of nitrogens with one attached hydrogen (secondary N) is 1. The van der Waals surface area contributed by atoms with Crippen molar-refractivity contribution in [3.63, 3.8) is 0 Å². The van der Waals surface area contributed by atoms with Gasteiger partial charge in [0.2, 0.25) is 0 Å². The van der Waals surface area contributed by atoms with E-state index in [1.54, 1.807) is 20.3 Å². The monoisotopic (exact) mass is 297 g/mol. The molecule has 1 aromatic carbocycles. The Balaban J connectivity index is 2.16. The second-order valence-corrected chi connectivity index (χ2v) is 6.20. The topological polar surface area (TPSA) is 30.5 Å². The van der Waals surface area contributed by atoms with Crippen LogP contribution in [-0.4, -0.2) is 20.3 Å². The molecule has 112 valence electrons. The smallest absolute Gasteiger partial charge is 0.143 e. The van der Waals surface area contributed by atoms with Crippen LogP contribution in [0.4, 0.5) is 5.69 Å². The molecule has 1 aromatic rings. The molecule has 1 fully saturated rings. The van der Waals surface area contributed by atoms with Crippen LogP contribution in [0.5, 0.6) is 11.5 Å². The lowest BCUT2D eigenvalue weighted by atomic mass is 9.79. The van der Waals surface area contributed by atoms with E-state index in [1.165, 1.54) is 19.3 Å². The third-order valence-corrected chi connectivity index (χ3v) is 4.73. The molecule has 3 atom stereocenters. The summed E-state index contributed by atoms with van der Waals surface area (Å²) in [6.07, 6.45) is 3.65. The Labute approximate surface area is 126 Å². The summed E-state index contributed by atoms with van der Waals surface area (Å²) in [7, 11) is 3.29. The van der Waals surface area contributed by atoms with Crippen LogP contribution >= 0.6 is 11.6 Å². The SMILES string of the molecule is COc1cc(NC2CCC(C)C(C)C2)c(OC)cc1Cl. The minimum Gasteiger partial charge on any atom is -0.495 e. The van der Waals surface area contributed by atoms with Crippen molar-refractivity contribution in [1.29, 1.82) is 0 Å². The Hall–Kier alpha value is -1.09. The van der Waals surface area contributed by atoms with Gasteiger partial charge in [-0.05, 0) is 31.1 Å². The molecular formula is C16H24ClNO2. The number of halogens is 1. The van der Waals surface area contributed by atoms with Gasteiger partial charge >= 0.3 is 0 Å². The summed E-state index contributed by atoms with van der Waals surface area (Å²) in [6, 6.07) is 4.21. The van der Waals surface area contributed by atoms with Crippen LogP contribution in [0.2, 0.25) is 5.02 Å². The first kappa shape index (κ1) is 15.3. The quantitative estimate of drug-likeness (QED) is 0.881. The van der Waals surface area contributed by atoms with Crippen molar-refractivity contribution in [3.05, 3.63) is 17.2 Å². The summed E-state index contributed by atoms with van der Waals surface area (Å²) in [4.78, 5) is 0. The summed E-state index contributed by atoms with van der Waals surface area (Å²) in [6.45, 7) is 4.67. The molecule has 0 heterocycles. The second-order valence-electron chi connectivity index (χ2n) is 5.80. The lowest BCUT2D eigenvalue weighted by Gasteiger charge is -2.33. The highest BCUT2D eigenvalue weighted by atomic mass is 35.5. The summed E-state index contributed by atoms with van der Waals surface area (Å²) in [5, 5.41) is 4.16. The van der Waals surface area contributed by atoms with E-state index in [2.05, 4.69) is 19.2 Å². The van der Waals surface area contributed by atoms with Crippen molar-refractivity contribution in [2.75, 3.05) is 19.5 Å². The number of anilines is 1. The molecule has 0 aromatic heterocycles. The first-order valence-electron chi connectivity index (χ1n) is 7.23. The van der Waals surface area contributed by atoms with Crippen molar-refractivity contribution in [2.45, 2.75) is 39.2 Å². The van der Waals surface area contributed by atoms with Gasteiger partial charge in [-0.15, -0.1) is 0 Å². The highest BCUT2D eigenvalue weighted by molar-refractivity contribution is 6.32. The van der Waals surface area contributed by atoms with Gasteiger partial charge in [0.25, 0.3) is 0 Å². The van der Waals surface area contributed by atoms with Crippen molar-refractivity contribution < 1.29 is 9.47 Å². The first-order valence-corrected chi connectivity index (χ1v) is 7.61. The fourth-order valence-corrected chi connectivity index (χ4v) is 3.10. The van der Waals surface area contributed by atoms with Crippen LogP contribution in [0.3, 0.4) is 0 Å². The van der Waals surface area contributed by atoms with Gasteiger partial charge in [0.15, 0.2) is 0 Å². The van der Waals surface area contributed by atoms with Gasteiger partial charge in [-0.25, -0.2) is 0 Å². The Morgan fingerprint density at radius 3 is 2.35 bits per heavy atom. The van der Waals surface area contributed by atoms with Gasteiger partial charge in [-0.1, -0.05) is 25.4 Å². The second kappa shape index (κ2) is 6.57. The predicted octanol–water partition coefficient (Wildman–Crippen LogP) is 4.59. The number of ether oxygens (including phenoxy) is 2. The number of hydrogen-bond donors (Lipinski definition) is 1. The van der Waals surface area contributed by atoms with Gasteiger partial charge < -0.3 is 14.8 Å². The molecule has 1 aliphatic carbocycles. The molecule has 1 saturated carbocycles. The average Bonchev–Trinajstić information content (AvgIpc) is 2.44. The summed E-state index contributed by atoms with van der Waals surface area (Å²) < 4.78 is 10.7. The molecule has 3 nitrogen and oxygen atoms in total. The Morgan fingerprint density at radius 1 is 1.05 bits per heavy atom. The maximum atomic E-state index is 6.13. The van der Waals surface area contributed by atoms with E-state index in [-0.39, 0.29) is 0 Å². The van der Waals surface area contributed by atoms with Gasteiger partial charge in [-0.3, -0.25) is 0 Å². The number of benzene rings is 1. The standard InChI is InChI=1S/C16H24ClNO2/c1-10-5-6-12(7-11(10)2)18-14-9-15(19-3)13(17)8-16(14)20-4/h8-12,18H,5-7H2,1-4H3. The minimum absolute atomic E-state index is 0.487. The molecule has 0 radical (unpaired) electrons. The zero-order chi connectivity index (χ0) is 14.7. The highest BCUT2D eigenvalue weighted by Crippen LogP contribution is 2.38. The Kier molecular flexibility index (Phi) is 5.03. The average molecular weight is 298 g/mol. The molecule has 0 bridgehead atoms. The van der Waals surface area contributed by atoms with Crippen LogP contribution in [0.25, 0.3) is 0 Å². The van der Waals surface area contributed by atoms with E-state index in [0.717, 1.165) is 23.3 Å². The first-order chi connectivity index (χ1) is 9.55. The molecule has 4 heteroatoms. The Morgan fingerprint density at radius 2 is 1.75 bits per heavy atom. The molecule has 2 rings (SSSR count). The zero-order valence-corrected chi connectivity index (χ0v) is 13.5. The van der Waals surface area contributed by atoms with Crippen molar-refractivity contribution >= 4 is 17.3 Å². The molecule has 20 heavy (non-hydrogen) atoms. The van der Waals surface area contributed by atoms with Crippen molar-refractivity contribution in [2.24, 2.45) is 11.8 Å². The van der Waals surface area contributed by atoms with Gasteiger partial charge in [-0.2, -0.15) is 0 Å². The zero-order valence-electron chi connectivity index (χ0n) is 12.7. The fourth-order valence-electron chi connectivity index (χ4n) is 2.87. The van der Waals surface area contributed by atoms with Crippen LogP contribution in [0.1, 0.15) is 33.1 Å². The van der Waals surface area contributed by atoms with E-state index in [9.17, 15) is 0 Å². The highest BCUT2D eigenvalue weighted by Gasteiger charge is 2.25. The van der Waals surface area contributed by atoms with Gasteiger partial charge in [0.1, 0.15) is 11.5 Å². The van der Waals surface area contributed by atoms with Gasteiger partial charge in [0, 0.05) is 18.2 Å². The van der Waals surface area contributed by atoms with E-state index in [1.807, 2.05) is 6.07 Å². The number of hydrogen-bond acceptors (Lipinski definition) is 3. The van der Waals surface area contributed by atoms with Crippen molar-refractivity contribution in [1.82, 2.24) is 0 Å². The molecule has 0 amide bonds. The third kappa shape index (κ3) is 3.32. The molecule has 3 unspecified atom stereocenters. The Bertz CT molecular complexity index is 464. The van der Waals surface area contributed by atoms with E-state index in [0.29, 0.717) is 16.8 Å². The van der Waals surface area contributed by atoms with Gasteiger partial charge in [0.05, 0.1) is 24.9 Å². The maximum absolute atomic E-state index is 6.13. The van der Waals surface area contributed by atoms with Crippen LogP contribution in [-0.2, 0) is 0 Å². The molecule has 0 saturated heterocycles. The van der Waals surface area contributed by atoms with Crippen LogP contribution in [0.15, 0.2) is 12.1 Å². The normalized spacial score (nSPS) is 26.1. The number of methoxy groups -OCH3 is 2. The minimum atomic E-state index is 0.487. The molecule has 1 aliphatic rings. The molecular weight excluding hydrogens is 274 g/mol. The molecule has 1 N–H and O–H groups in total. The summed E-state index contributed by atoms with van der Waals surface area (Å²) in [5.41, 5.74) is 0.959. The maximum Gasteiger partial charge on any atom is 0.143 e. The largest absolute Gasteiger partial charge is 0.495 e. The number of rotatable bonds is 4. The van der Waals surface area contributed by atoms with Crippen molar-refractivity contribution in [3.8, 4) is 11.5 Å². The third-order valence-electron chi connectivity index (χ3n) is 4.43. The molecule has 0 spiro atoms. The van der Waals surface area contributed by atoms with E-state index >= 15 is 0 Å². The lowest BCUT2D eigenvalue weighted by molar-refractivity contribution is 0.260. The van der Waals surface area contributed by atoms with E-state index < -0.39 is 0 Å². The predicted molar refractivity (Wildman–Crippen MR) is 84.1 cm³/mol. The lowest BCUT2D eigenvalue weighted by Crippen LogP contribution is -2.30. The summed E-state index contributed by atoms with van der Waals surface area (Å²) in [5.74, 6) is 3.01. The fraction of sp³-hybridized carbons (Fsp3) is 0.625. The summed E-state index contributed by atoms with van der Waals surface area (Å²) >= 11 is 6.13. The van der Waals surface area contributed by atoms with Crippen LogP contribution < -0.4 is 14.8 Å². The van der Waals surface area contributed by atoms with Crippen LogP contribution in [0, 0.1) is 11.8 Å².